The summed E-state index contributed by atoms with van der Waals surface area (Å²) in [5.74, 6) is -1.70. The Morgan fingerprint density at radius 3 is 2.50 bits per heavy atom. The Morgan fingerprint density at radius 1 is 1.09 bits per heavy atom. The number of carbonyl (C=O) groups is 2. The van der Waals surface area contributed by atoms with E-state index in [1.165, 1.54) is 0 Å². The van der Waals surface area contributed by atoms with E-state index >= 15 is 0 Å². The molecule has 1 saturated heterocycles. The molecule has 1 fully saturated rings. The van der Waals surface area contributed by atoms with Crippen molar-refractivity contribution in [1.29, 1.82) is 0 Å². The second-order valence-electron chi connectivity index (χ2n) is 7.39. The first-order valence-corrected chi connectivity index (χ1v) is 9.87. The summed E-state index contributed by atoms with van der Waals surface area (Å²) in [6, 6.07) is 5.59. The van der Waals surface area contributed by atoms with Crippen LogP contribution in [0.4, 0.5) is 24.5 Å². The Bertz CT molecular complexity index is 1090. The van der Waals surface area contributed by atoms with Crippen LogP contribution in [0.25, 0.3) is 5.57 Å². The SMILES string of the molecule is NC(=O)/C(=C1\Nc2ccc(C(=O)NC3CCNCC3)cc2N1)c1nccc(C(F)(F)F)n1. The van der Waals surface area contributed by atoms with E-state index in [4.69, 9.17) is 5.73 Å². The first kappa shape index (κ1) is 21.6. The third kappa shape index (κ3) is 4.49. The van der Waals surface area contributed by atoms with Crippen LogP contribution in [0.1, 0.15) is 34.7 Å². The second-order valence-corrected chi connectivity index (χ2v) is 7.39. The maximum absolute atomic E-state index is 13.0. The van der Waals surface area contributed by atoms with Crippen LogP contribution in [0.15, 0.2) is 36.3 Å². The number of hydrogen-bond acceptors (Lipinski definition) is 7. The maximum Gasteiger partial charge on any atom is 0.433 e. The highest BCUT2D eigenvalue weighted by Gasteiger charge is 2.34. The quantitative estimate of drug-likeness (QED) is 0.450. The molecule has 32 heavy (non-hydrogen) atoms. The van der Waals surface area contributed by atoms with Crippen molar-refractivity contribution in [2.45, 2.75) is 25.1 Å². The number of primary amides is 1. The van der Waals surface area contributed by atoms with Crippen molar-refractivity contribution < 1.29 is 22.8 Å². The van der Waals surface area contributed by atoms with Crippen molar-refractivity contribution in [2.24, 2.45) is 5.73 Å². The van der Waals surface area contributed by atoms with Gasteiger partial charge >= 0.3 is 6.18 Å². The number of amides is 2. The molecule has 0 aliphatic carbocycles. The molecule has 1 aromatic carbocycles. The Kier molecular flexibility index (Phi) is 5.70. The monoisotopic (exact) mass is 447 g/mol. The normalized spacial score (nSPS) is 17.7. The van der Waals surface area contributed by atoms with Crippen LogP contribution in [0.2, 0.25) is 0 Å². The standard InChI is InChI=1S/C20H20F3N7O2/c21-20(22,23)14-5-8-26-17(30-14)15(16(24)31)18-28-12-2-1-10(9-13(12)29-18)19(32)27-11-3-6-25-7-4-11/h1-2,5,8-9,11,25,28-29H,3-4,6-7H2,(H2,24,31)(H,27,32)/b18-15-. The number of halogens is 3. The van der Waals surface area contributed by atoms with Gasteiger partial charge in [-0.25, -0.2) is 9.97 Å². The lowest BCUT2D eigenvalue weighted by atomic mass is 10.1. The van der Waals surface area contributed by atoms with E-state index < -0.39 is 23.6 Å². The molecule has 12 heteroatoms. The van der Waals surface area contributed by atoms with E-state index in [1.54, 1.807) is 18.2 Å². The van der Waals surface area contributed by atoms with Crippen LogP contribution in [0.5, 0.6) is 0 Å². The molecule has 2 aromatic rings. The molecule has 1 aromatic heterocycles. The average Bonchev–Trinajstić information content (AvgIpc) is 3.16. The zero-order valence-electron chi connectivity index (χ0n) is 16.7. The van der Waals surface area contributed by atoms with Crippen LogP contribution in [0, 0.1) is 0 Å². The fraction of sp³-hybridized carbons (Fsp3) is 0.300. The van der Waals surface area contributed by atoms with Gasteiger partial charge in [0, 0.05) is 17.8 Å². The van der Waals surface area contributed by atoms with Crippen LogP contribution < -0.4 is 27.0 Å². The summed E-state index contributed by atoms with van der Waals surface area (Å²) in [4.78, 5) is 31.9. The third-order valence-electron chi connectivity index (χ3n) is 5.14. The minimum absolute atomic E-state index is 0.0303. The lowest BCUT2D eigenvalue weighted by Crippen LogP contribution is -2.42. The molecular formula is C20H20F3N7O2. The number of hydrogen-bond donors (Lipinski definition) is 5. The summed E-state index contributed by atoms with van der Waals surface area (Å²) in [6.45, 7) is 1.67. The Morgan fingerprint density at radius 2 is 1.81 bits per heavy atom. The predicted octanol–water partition coefficient (Wildman–Crippen LogP) is 1.67. The van der Waals surface area contributed by atoms with Gasteiger partial charge in [-0.15, -0.1) is 0 Å². The lowest BCUT2D eigenvalue weighted by molar-refractivity contribution is -0.141. The van der Waals surface area contributed by atoms with E-state index in [9.17, 15) is 22.8 Å². The molecule has 0 radical (unpaired) electrons. The van der Waals surface area contributed by atoms with E-state index in [2.05, 4.69) is 31.2 Å². The highest BCUT2D eigenvalue weighted by atomic mass is 19.4. The van der Waals surface area contributed by atoms with E-state index in [0.717, 1.165) is 32.1 Å². The number of aromatic nitrogens is 2. The summed E-state index contributed by atoms with van der Waals surface area (Å²) in [7, 11) is 0. The summed E-state index contributed by atoms with van der Waals surface area (Å²) in [6.07, 6.45) is -2.13. The highest BCUT2D eigenvalue weighted by Crippen LogP contribution is 2.34. The van der Waals surface area contributed by atoms with Crippen molar-refractivity contribution in [3.8, 4) is 0 Å². The molecule has 0 saturated carbocycles. The van der Waals surface area contributed by atoms with Crippen molar-refractivity contribution in [1.82, 2.24) is 20.6 Å². The number of benzene rings is 1. The zero-order chi connectivity index (χ0) is 22.9. The molecule has 168 valence electrons. The van der Waals surface area contributed by atoms with Gasteiger partial charge in [0.1, 0.15) is 17.1 Å². The first-order chi connectivity index (χ1) is 15.2. The fourth-order valence-corrected chi connectivity index (χ4v) is 3.54. The van der Waals surface area contributed by atoms with Gasteiger partial charge in [-0.1, -0.05) is 0 Å². The summed E-state index contributed by atoms with van der Waals surface area (Å²) >= 11 is 0. The minimum Gasteiger partial charge on any atom is -0.365 e. The molecular weight excluding hydrogens is 427 g/mol. The number of rotatable bonds is 4. The van der Waals surface area contributed by atoms with Gasteiger partial charge < -0.3 is 27.0 Å². The number of fused-ring (bicyclic) bond motifs is 1. The molecule has 0 bridgehead atoms. The Balaban J connectivity index is 1.60. The first-order valence-electron chi connectivity index (χ1n) is 9.87. The topological polar surface area (TPSA) is 134 Å². The summed E-state index contributed by atoms with van der Waals surface area (Å²) < 4.78 is 39.1. The average molecular weight is 447 g/mol. The molecule has 0 unspecified atom stereocenters. The van der Waals surface area contributed by atoms with Crippen molar-refractivity contribution in [3.63, 3.8) is 0 Å². The van der Waals surface area contributed by atoms with E-state index in [-0.39, 0.29) is 23.3 Å². The number of carbonyl (C=O) groups excluding carboxylic acids is 2. The van der Waals surface area contributed by atoms with Crippen LogP contribution in [-0.2, 0) is 11.0 Å². The van der Waals surface area contributed by atoms with Gasteiger partial charge in [-0.3, -0.25) is 9.59 Å². The van der Waals surface area contributed by atoms with Crippen LogP contribution in [0.3, 0.4) is 0 Å². The van der Waals surface area contributed by atoms with Crippen LogP contribution in [-0.4, -0.2) is 40.9 Å². The van der Waals surface area contributed by atoms with Gasteiger partial charge in [0.05, 0.1) is 11.4 Å². The Hall–Kier alpha value is -3.67. The number of nitrogens with one attached hydrogen (secondary N) is 4. The van der Waals surface area contributed by atoms with Gasteiger partial charge in [0.25, 0.3) is 11.8 Å². The number of piperidine rings is 1. The number of nitrogens with two attached hydrogens (primary N) is 1. The maximum atomic E-state index is 13.0. The molecule has 3 heterocycles. The van der Waals surface area contributed by atoms with Crippen molar-refractivity contribution >= 4 is 28.8 Å². The minimum atomic E-state index is -4.71. The van der Waals surface area contributed by atoms with Crippen molar-refractivity contribution in [2.75, 3.05) is 23.7 Å². The highest BCUT2D eigenvalue weighted by molar-refractivity contribution is 6.20. The molecule has 2 aliphatic heterocycles. The largest absolute Gasteiger partial charge is 0.433 e. The second kappa shape index (κ2) is 8.46. The van der Waals surface area contributed by atoms with Gasteiger partial charge in [-0.2, -0.15) is 13.2 Å². The van der Waals surface area contributed by atoms with Crippen molar-refractivity contribution in [3.05, 3.63) is 53.4 Å². The summed E-state index contributed by atoms with van der Waals surface area (Å²) in [5.41, 5.74) is 5.25. The molecule has 6 N–H and O–H groups in total. The summed E-state index contributed by atoms with van der Waals surface area (Å²) in [5, 5.41) is 12.0. The molecule has 0 atom stereocenters. The molecule has 2 aliphatic rings. The smallest absolute Gasteiger partial charge is 0.365 e. The van der Waals surface area contributed by atoms with Gasteiger partial charge in [0.15, 0.2) is 5.82 Å². The van der Waals surface area contributed by atoms with Gasteiger partial charge in [-0.05, 0) is 50.2 Å². The van der Waals surface area contributed by atoms with Gasteiger partial charge in [0.2, 0.25) is 0 Å². The fourth-order valence-electron chi connectivity index (χ4n) is 3.54. The Labute approximate surface area is 180 Å². The molecule has 0 spiro atoms. The lowest BCUT2D eigenvalue weighted by Gasteiger charge is -2.23. The third-order valence-corrected chi connectivity index (χ3v) is 5.14. The number of nitrogens with zero attached hydrogens (tertiary/aromatic N) is 2. The molecule has 4 rings (SSSR count). The number of anilines is 2. The zero-order valence-corrected chi connectivity index (χ0v) is 16.7. The van der Waals surface area contributed by atoms with E-state index in [1.807, 2.05) is 0 Å². The predicted molar refractivity (Wildman–Crippen MR) is 110 cm³/mol. The molecule has 9 nitrogen and oxygen atoms in total. The molecule has 2 amide bonds. The van der Waals surface area contributed by atoms with E-state index in [0.29, 0.717) is 23.0 Å². The van der Waals surface area contributed by atoms with Crippen LogP contribution >= 0.6 is 0 Å². The number of alkyl halides is 3.